The lowest BCUT2D eigenvalue weighted by Gasteiger charge is -2.10. The predicted octanol–water partition coefficient (Wildman–Crippen LogP) is 3.29. The third kappa shape index (κ3) is 5.02. The van der Waals surface area contributed by atoms with Crippen molar-refractivity contribution in [1.29, 1.82) is 0 Å². The Hall–Kier alpha value is -2.59. The number of carbonyl (C=O) groups excluding carboxylic acids is 1. The molecule has 0 radical (unpaired) electrons. The van der Waals surface area contributed by atoms with Crippen LogP contribution in [0.2, 0.25) is 0 Å². The lowest BCUT2D eigenvalue weighted by atomic mass is 10.3. The fourth-order valence-corrected chi connectivity index (χ4v) is 3.75. The number of thioether (sulfide) groups is 1. The molecule has 10 heteroatoms. The second-order valence-electron chi connectivity index (χ2n) is 5.97. The fourth-order valence-electron chi connectivity index (χ4n) is 2.22. The Labute approximate surface area is 171 Å². The van der Waals surface area contributed by atoms with Gasteiger partial charge in [0.1, 0.15) is 18.1 Å². The van der Waals surface area contributed by atoms with Crippen LogP contribution in [0.1, 0.15) is 18.4 Å². The SMILES string of the molecule is COc1ccc(OCc2nnc(S[C@H](C)C(=O)Nc3nc(C)cs3)n2C)cc1. The molecule has 0 aliphatic rings. The maximum Gasteiger partial charge on any atom is 0.239 e. The van der Waals surface area contributed by atoms with Crippen molar-refractivity contribution < 1.29 is 14.3 Å². The zero-order valence-corrected chi connectivity index (χ0v) is 17.6. The van der Waals surface area contributed by atoms with Crippen molar-refractivity contribution in [3.63, 3.8) is 0 Å². The summed E-state index contributed by atoms with van der Waals surface area (Å²) in [6, 6.07) is 7.32. The van der Waals surface area contributed by atoms with Crippen LogP contribution in [0.15, 0.2) is 34.8 Å². The molecule has 2 aromatic heterocycles. The molecule has 0 fully saturated rings. The number of ether oxygens (including phenoxy) is 2. The molecule has 0 spiro atoms. The number of hydrogen-bond donors (Lipinski definition) is 1. The van der Waals surface area contributed by atoms with Crippen molar-refractivity contribution in [3.05, 3.63) is 41.2 Å². The second kappa shape index (κ2) is 9.07. The van der Waals surface area contributed by atoms with Gasteiger partial charge in [-0.25, -0.2) is 4.98 Å². The van der Waals surface area contributed by atoms with E-state index in [1.165, 1.54) is 23.1 Å². The summed E-state index contributed by atoms with van der Waals surface area (Å²) in [5.41, 5.74) is 0.885. The molecule has 3 rings (SSSR count). The standard InChI is InChI=1S/C18H21N5O3S2/c1-11-10-27-17(19-11)20-16(24)12(2)28-18-22-21-15(23(18)3)9-26-14-7-5-13(25-4)6-8-14/h5-8,10,12H,9H2,1-4H3,(H,19,20,24)/t12-/m1/s1. The van der Waals surface area contributed by atoms with Gasteiger partial charge in [-0.05, 0) is 38.1 Å². The van der Waals surface area contributed by atoms with Crippen molar-refractivity contribution in [1.82, 2.24) is 19.7 Å². The van der Waals surface area contributed by atoms with Gasteiger partial charge in [-0.15, -0.1) is 21.5 Å². The molecule has 3 aromatic rings. The molecule has 1 amide bonds. The van der Waals surface area contributed by atoms with Gasteiger partial charge in [0.15, 0.2) is 16.1 Å². The van der Waals surface area contributed by atoms with Gasteiger partial charge >= 0.3 is 0 Å². The lowest BCUT2D eigenvalue weighted by Crippen LogP contribution is -2.22. The molecule has 1 atom stereocenters. The smallest absolute Gasteiger partial charge is 0.239 e. The fraction of sp³-hybridized carbons (Fsp3) is 0.333. The molecule has 0 unspecified atom stereocenters. The number of anilines is 1. The number of hydrogen-bond acceptors (Lipinski definition) is 8. The van der Waals surface area contributed by atoms with E-state index >= 15 is 0 Å². The first-order valence-corrected chi connectivity index (χ1v) is 10.3. The number of aromatic nitrogens is 4. The Bertz CT molecular complexity index is 939. The summed E-state index contributed by atoms with van der Waals surface area (Å²) < 4.78 is 12.7. The number of aryl methyl sites for hydroxylation is 1. The molecule has 0 bridgehead atoms. The number of nitrogens with one attached hydrogen (secondary N) is 1. The first kappa shape index (κ1) is 20.2. The Balaban J connectivity index is 1.56. The number of rotatable bonds is 8. The van der Waals surface area contributed by atoms with Gasteiger partial charge in [0, 0.05) is 12.4 Å². The zero-order chi connectivity index (χ0) is 20.1. The van der Waals surface area contributed by atoms with Crippen LogP contribution < -0.4 is 14.8 Å². The van der Waals surface area contributed by atoms with Crippen LogP contribution in [0.25, 0.3) is 0 Å². The highest BCUT2D eigenvalue weighted by Crippen LogP contribution is 2.24. The van der Waals surface area contributed by atoms with Crippen LogP contribution in [0.5, 0.6) is 11.5 Å². The van der Waals surface area contributed by atoms with E-state index in [2.05, 4.69) is 20.5 Å². The molecule has 2 heterocycles. The Morgan fingerprint density at radius 3 is 2.64 bits per heavy atom. The van der Waals surface area contributed by atoms with Crippen LogP contribution in [-0.2, 0) is 18.4 Å². The number of benzene rings is 1. The van der Waals surface area contributed by atoms with E-state index in [0.29, 0.717) is 21.9 Å². The number of carbonyl (C=O) groups is 1. The number of thiazole rings is 1. The maximum absolute atomic E-state index is 12.3. The normalized spacial score (nSPS) is 11.9. The first-order chi connectivity index (χ1) is 13.5. The summed E-state index contributed by atoms with van der Waals surface area (Å²) in [5.74, 6) is 2.02. The molecule has 8 nitrogen and oxygen atoms in total. The van der Waals surface area contributed by atoms with Gasteiger partial charge in [-0.1, -0.05) is 11.8 Å². The highest BCUT2D eigenvalue weighted by Gasteiger charge is 2.20. The summed E-state index contributed by atoms with van der Waals surface area (Å²) in [6.07, 6.45) is 0. The molecule has 1 aromatic carbocycles. The number of amides is 1. The zero-order valence-electron chi connectivity index (χ0n) is 16.0. The number of nitrogens with zero attached hydrogens (tertiary/aromatic N) is 4. The van der Waals surface area contributed by atoms with E-state index in [1.807, 2.05) is 55.1 Å². The molecule has 0 aliphatic heterocycles. The van der Waals surface area contributed by atoms with Gasteiger partial charge in [-0.2, -0.15) is 0 Å². The molecule has 0 saturated heterocycles. The van der Waals surface area contributed by atoms with E-state index in [9.17, 15) is 4.79 Å². The Kier molecular flexibility index (Phi) is 6.53. The summed E-state index contributed by atoms with van der Waals surface area (Å²) >= 11 is 2.74. The van der Waals surface area contributed by atoms with Crippen molar-refractivity contribution in [2.75, 3.05) is 12.4 Å². The minimum Gasteiger partial charge on any atom is -0.497 e. The van der Waals surface area contributed by atoms with E-state index in [1.54, 1.807) is 7.11 Å². The van der Waals surface area contributed by atoms with Crippen LogP contribution >= 0.6 is 23.1 Å². The monoisotopic (exact) mass is 419 g/mol. The van der Waals surface area contributed by atoms with Gasteiger partial charge in [0.2, 0.25) is 5.91 Å². The third-order valence-electron chi connectivity index (χ3n) is 3.85. The van der Waals surface area contributed by atoms with Gasteiger partial charge in [-0.3, -0.25) is 4.79 Å². The largest absolute Gasteiger partial charge is 0.497 e. The maximum atomic E-state index is 12.3. The average Bonchev–Trinajstić information content (AvgIpc) is 3.26. The van der Waals surface area contributed by atoms with E-state index in [4.69, 9.17) is 9.47 Å². The van der Waals surface area contributed by atoms with Crippen molar-refractivity contribution in [3.8, 4) is 11.5 Å². The summed E-state index contributed by atoms with van der Waals surface area (Å²) in [5, 5.41) is 13.9. The quantitative estimate of drug-likeness (QED) is 0.560. The molecule has 28 heavy (non-hydrogen) atoms. The molecule has 1 N–H and O–H groups in total. The van der Waals surface area contributed by atoms with E-state index < -0.39 is 0 Å². The van der Waals surface area contributed by atoms with Crippen molar-refractivity contribution in [2.24, 2.45) is 7.05 Å². The summed E-state index contributed by atoms with van der Waals surface area (Å²) in [6.45, 7) is 3.98. The van der Waals surface area contributed by atoms with Crippen molar-refractivity contribution in [2.45, 2.75) is 30.9 Å². The van der Waals surface area contributed by atoms with Crippen LogP contribution in [0, 0.1) is 6.92 Å². The lowest BCUT2D eigenvalue weighted by molar-refractivity contribution is -0.115. The van der Waals surface area contributed by atoms with Gasteiger partial charge < -0.3 is 19.4 Å². The highest BCUT2D eigenvalue weighted by molar-refractivity contribution is 8.00. The first-order valence-electron chi connectivity index (χ1n) is 8.51. The van der Waals surface area contributed by atoms with Crippen LogP contribution in [-0.4, -0.2) is 38.0 Å². The number of methoxy groups -OCH3 is 1. The Morgan fingerprint density at radius 1 is 1.29 bits per heavy atom. The molecule has 0 saturated carbocycles. The van der Waals surface area contributed by atoms with E-state index in [0.717, 1.165) is 11.4 Å². The van der Waals surface area contributed by atoms with Crippen LogP contribution in [0.3, 0.4) is 0 Å². The van der Waals surface area contributed by atoms with Gasteiger partial charge in [0.05, 0.1) is 18.1 Å². The molecular formula is C18H21N5O3S2. The second-order valence-corrected chi connectivity index (χ2v) is 8.13. The third-order valence-corrected chi connectivity index (χ3v) is 5.86. The minimum absolute atomic E-state index is 0.126. The average molecular weight is 420 g/mol. The summed E-state index contributed by atoms with van der Waals surface area (Å²) in [4.78, 5) is 16.6. The topological polar surface area (TPSA) is 91.2 Å². The highest BCUT2D eigenvalue weighted by atomic mass is 32.2. The minimum atomic E-state index is -0.345. The van der Waals surface area contributed by atoms with E-state index in [-0.39, 0.29) is 17.8 Å². The molecule has 0 aliphatic carbocycles. The van der Waals surface area contributed by atoms with Crippen LogP contribution in [0.4, 0.5) is 5.13 Å². The van der Waals surface area contributed by atoms with Gasteiger partial charge in [0.25, 0.3) is 0 Å². The predicted molar refractivity (Wildman–Crippen MR) is 109 cm³/mol. The molecule has 148 valence electrons. The summed E-state index contributed by atoms with van der Waals surface area (Å²) in [7, 11) is 3.47. The Morgan fingerprint density at radius 2 is 2.00 bits per heavy atom. The van der Waals surface area contributed by atoms with Crippen molar-refractivity contribution >= 4 is 34.1 Å². The molecular weight excluding hydrogens is 398 g/mol.